The van der Waals surface area contributed by atoms with Crippen LogP contribution in [-0.2, 0) is 0 Å². The van der Waals surface area contributed by atoms with Crippen LogP contribution < -0.4 is 20.3 Å². The Morgan fingerprint density at radius 1 is 1.00 bits per heavy atom. The molecular weight excluding hydrogens is 488 g/mol. The minimum absolute atomic E-state index is 0.0650. The van der Waals surface area contributed by atoms with E-state index in [0.29, 0.717) is 22.0 Å². The fraction of sp³-hybridized carbons (Fsp3) is 0.571. The quantitative estimate of drug-likeness (QED) is 0.581. The SMILES string of the molecule is N#Cc1ccc(OC2CCC(NC(=O)c3ccc(N4CCC(C5CCNCC5)CC4)nn3)CC2)cc1Cl. The van der Waals surface area contributed by atoms with Crippen LogP contribution in [0.4, 0.5) is 5.82 Å². The van der Waals surface area contributed by atoms with E-state index in [1.807, 2.05) is 6.07 Å². The second-order valence-corrected chi connectivity index (χ2v) is 10.9. The number of nitriles is 1. The highest BCUT2D eigenvalue weighted by atomic mass is 35.5. The molecule has 8 nitrogen and oxygen atoms in total. The van der Waals surface area contributed by atoms with Gasteiger partial charge in [0.05, 0.1) is 16.7 Å². The molecule has 3 aliphatic rings. The van der Waals surface area contributed by atoms with E-state index >= 15 is 0 Å². The van der Waals surface area contributed by atoms with E-state index in [2.05, 4.69) is 31.8 Å². The molecule has 1 amide bonds. The molecule has 196 valence electrons. The second kappa shape index (κ2) is 12.1. The number of nitrogens with one attached hydrogen (secondary N) is 2. The number of carbonyl (C=O) groups is 1. The maximum absolute atomic E-state index is 12.8. The molecule has 0 radical (unpaired) electrons. The van der Waals surface area contributed by atoms with E-state index in [-0.39, 0.29) is 18.1 Å². The number of benzene rings is 1. The highest BCUT2D eigenvalue weighted by molar-refractivity contribution is 6.31. The number of hydrogen-bond donors (Lipinski definition) is 2. The predicted molar refractivity (Wildman–Crippen MR) is 143 cm³/mol. The Labute approximate surface area is 223 Å². The van der Waals surface area contributed by atoms with Crippen molar-refractivity contribution < 1.29 is 9.53 Å². The summed E-state index contributed by atoms with van der Waals surface area (Å²) in [5.41, 5.74) is 0.799. The summed E-state index contributed by atoms with van der Waals surface area (Å²) < 4.78 is 6.05. The number of ether oxygens (including phenoxy) is 1. The summed E-state index contributed by atoms with van der Waals surface area (Å²) in [7, 11) is 0. The molecule has 0 atom stereocenters. The fourth-order valence-corrected chi connectivity index (χ4v) is 6.18. The smallest absolute Gasteiger partial charge is 0.272 e. The Hall–Kier alpha value is -2.89. The minimum atomic E-state index is -0.174. The van der Waals surface area contributed by atoms with E-state index in [9.17, 15) is 4.79 Å². The van der Waals surface area contributed by atoms with Crippen molar-refractivity contribution >= 4 is 23.3 Å². The van der Waals surface area contributed by atoms with Crippen LogP contribution in [0.5, 0.6) is 5.75 Å². The number of halogens is 1. The van der Waals surface area contributed by atoms with Crippen molar-refractivity contribution in [3.8, 4) is 11.8 Å². The van der Waals surface area contributed by atoms with Gasteiger partial charge in [0.15, 0.2) is 11.5 Å². The average Bonchev–Trinajstić information content (AvgIpc) is 2.95. The summed E-state index contributed by atoms with van der Waals surface area (Å²) >= 11 is 6.11. The topological polar surface area (TPSA) is 103 Å². The van der Waals surface area contributed by atoms with Crippen molar-refractivity contribution in [2.45, 2.75) is 63.5 Å². The van der Waals surface area contributed by atoms with Gasteiger partial charge in [0, 0.05) is 25.2 Å². The van der Waals surface area contributed by atoms with Crippen molar-refractivity contribution in [2.24, 2.45) is 11.8 Å². The lowest BCUT2D eigenvalue weighted by Gasteiger charge is -2.38. The monoisotopic (exact) mass is 522 g/mol. The standard InChI is InChI=1S/C28H35ClN6O2/c29-25-17-24(4-1-21(25)18-30)37-23-5-2-22(3-6-23)32-28(36)26-7-8-27(34-33-26)35-15-11-20(12-16-35)19-9-13-31-14-10-19/h1,4,7-8,17,19-20,22-23,31H,2-3,5-6,9-16H2,(H,32,36). The Kier molecular flexibility index (Phi) is 8.42. The average molecular weight is 523 g/mol. The van der Waals surface area contributed by atoms with E-state index in [4.69, 9.17) is 21.6 Å². The van der Waals surface area contributed by atoms with Crippen molar-refractivity contribution in [3.63, 3.8) is 0 Å². The van der Waals surface area contributed by atoms with Crippen LogP contribution in [0.15, 0.2) is 30.3 Å². The van der Waals surface area contributed by atoms with Crippen LogP contribution in [0.3, 0.4) is 0 Å². The summed E-state index contributed by atoms with van der Waals surface area (Å²) in [6, 6.07) is 11.0. The third kappa shape index (κ3) is 6.52. The zero-order chi connectivity index (χ0) is 25.6. The number of rotatable bonds is 6. The zero-order valence-corrected chi connectivity index (χ0v) is 21.9. The Morgan fingerprint density at radius 2 is 1.73 bits per heavy atom. The lowest BCUT2D eigenvalue weighted by molar-refractivity contribution is 0.0888. The van der Waals surface area contributed by atoms with Gasteiger partial charge >= 0.3 is 0 Å². The molecule has 2 saturated heterocycles. The lowest BCUT2D eigenvalue weighted by atomic mass is 9.79. The van der Waals surface area contributed by atoms with Gasteiger partial charge in [0.2, 0.25) is 0 Å². The van der Waals surface area contributed by atoms with Gasteiger partial charge in [-0.25, -0.2) is 0 Å². The maximum Gasteiger partial charge on any atom is 0.272 e. The summed E-state index contributed by atoms with van der Waals surface area (Å²) in [4.78, 5) is 15.1. The van der Waals surface area contributed by atoms with Gasteiger partial charge in [-0.1, -0.05) is 11.6 Å². The molecule has 5 rings (SSSR count). The normalized spacial score (nSPS) is 23.3. The van der Waals surface area contributed by atoms with Crippen LogP contribution in [0.25, 0.3) is 0 Å². The largest absolute Gasteiger partial charge is 0.490 e. The first-order valence-corrected chi connectivity index (χ1v) is 13.9. The van der Waals surface area contributed by atoms with Gasteiger partial charge in [-0.2, -0.15) is 5.26 Å². The van der Waals surface area contributed by atoms with Crippen molar-refractivity contribution in [1.82, 2.24) is 20.8 Å². The molecule has 2 aliphatic heterocycles. The van der Waals surface area contributed by atoms with E-state index < -0.39 is 0 Å². The molecule has 3 fully saturated rings. The number of carbonyl (C=O) groups excluding carboxylic acids is 1. The number of anilines is 1. The summed E-state index contributed by atoms with van der Waals surface area (Å²) in [6.45, 7) is 4.33. The number of aromatic nitrogens is 2. The van der Waals surface area contributed by atoms with Gasteiger partial charge in [-0.15, -0.1) is 10.2 Å². The number of hydrogen-bond acceptors (Lipinski definition) is 7. The molecule has 1 aliphatic carbocycles. The Balaban J connectivity index is 1.06. The van der Waals surface area contributed by atoms with Crippen molar-refractivity contribution in [2.75, 3.05) is 31.1 Å². The zero-order valence-electron chi connectivity index (χ0n) is 21.2. The first kappa shape index (κ1) is 25.7. The molecule has 1 aromatic carbocycles. The molecule has 2 N–H and O–H groups in total. The number of piperidine rings is 2. The number of nitrogens with zero attached hydrogens (tertiary/aromatic N) is 4. The maximum atomic E-state index is 12.8. The molecule has 37 heavy (non-hydrogen) atoms. The first-order chi connectivity index (χ1) is 18.1. The van der Waals surface area contributed by atoms with Gasteiger partial charge in [-0.3, -0.25) is 4.79 Å². The lowest BCUT2D eigenvalue weighted by Crippen LogP contribution is -2.40. The van der Waals surface area contributed by atoms with Gasteiger partial charge in [0.25, 0.3) is 5.91 Å². The molecular formula is C28H35ClN6O2. The Bertz CT molecular complexity index is 1100. The van der Waals surface area contributed by atoms with Crippen LogP contribution >= 0.6 is 11.6 Å². The summed E-state index contributed by atoms with van der Waals surface area (Å²) in [6.07, 6.45) is 8.41. The second-order valence-electron chi connectivity index (χ2n) is 10.5. The van der Waals surface area contributed by atoms with E-state index in [1.165, 1.54) is 25.7 Å². The molecule has 0 spiro atoms. The van der Waals surface area contributed by atoms with Crippen LogP contribution in [-0.4, -0.2) is 54.4 Å². The van der Waals surface area contributed by atoms with Gasteiger partial charge < -0.3 is 20.3 Å². The highest BCUT2D eigenvalue weighted by Crippen LogP contribution is 2.32. The number of amides is 1. The molecule has 0 unspecified atom stereocenters. The van der Waals surface area contributed by atoms with Crippen molar-refractivity contribution in [3.05, 3.63) is 46.6 Å². The molecule has 9 heteroatoms. The van der Waals surface area contributed by atoms with Crippen molar-refractivity contribution in [1.29, 1.82) is 5.26 Å². The van der Waals surface area contributed by atoms with Gasteiger partial charge in [0.1, 0.15) is 11.8 Å². The molecule has 0 bridgehead atoms. The minimum Gasteiger partial charge on any atom is -0.490 e. The van der Waals surface area contributed by atoms with Crippen LogP contribution in [0.2, 0.25) is 5.02 Å². The third-order valence-corrected chi connectivity index (χ3v) is 8.48. The first-order valence-electron chi connectivity index (χ1n) is 13.6. The fourth-order valence-electron chi connectivity index (χ4n) is 5.97. The predicted octanol–water partition coefficient (Wildman–Crippen LogP) is 4.34. The van der Waals surface area contributed by atoms with Gasteiger partial charge in [-0.05, 0) is 101 Å². The highest BCUT2D eigenvalue weighted by Gasteiger charge is 2.28. The van der Waals surface area contributed by atoms with Crippen LogP contribution in [0, 0.1) is 23.2 Å². The molecule has 1 saturated carbocycles. The van der Waals surface area contributed by atoms with Crippen LogP contribution in [0.1, 0.15) is 67.4 Å². The Morgan fingerprint density at radius 3 is 2.38 bits per heavy atom. The third-order valence-electron chi connectivity index (χ3n) is 8.17. The van der Waals surface area contributed by atoms with E-state index in [0.717, 1.165) is 69.5 Å². The molecule has 2 aromatic rings. The molecule has 3 heterocycles. The van der Waals surface area contributed by atoms with E-state index in [1.54, 1.807) is 24.3 Å². The molecule has 1 aromatic heterocycles. The summed E-state index contributed by atoms with van der Waals surface area (Å²) in [5.74, 6) is 3.03. The summed E-state index contributed by atoms with van der Waals surface area (Å²) in [5, 5.41) is 24.6.